The van der Waals surface area contributed by atoms with Crippen LogP contribution in [0.2, 0.25) is 0 Å². The van der Waals surface area contributed by atoms with Crippen LogP contribution in [0.5, 0.6) is 0 Å². The summed E-state index contributed by atoms with van der Waals surface area (Å²) in [6, 6.07) is 29.9. The molecule has 1 N–H and O–H groups in total. The second-order valence-corrected chi connectivity index (χ2v) is 10.6. The Hall–Kier alpha value is -3.99. The van der Waals surface area contributed by atoms with Crippen LogP contribution in [0.25, 0.3) is 55.6 Å². The molecule has 205 valence electrons. The monoisotopic (exact) mass is 709 g/mol. The molecule has 0 unspecified atom stereocenters. The maximum absolute atomic E-state index is 10.0. The second kappa shape index (κ2) is 11.6. The molecule has 40 heavy (non-hydrogen) atoms. The van der Waals surface area contributed by atoms with Crippen molar-refractivity contribution in [3.05, 3.63) is 102 Å². The number of ketones is 1. The van der Waals surface area contributed by atoms with Gasteiger partial charge in [-0.1, -0.05) is 80.3 Å². The third-order valence-corrected chi connectivity index (χ3v) is 6.42. The second-order valence-electron chi connectivity index (χ2n) is 10.6. The number of hydrogen-bond acceptors (Lipinski definition) is 5. The maximum atomic E-state index is 10.0. The summed E-state index contributed by atoms with van der Waals surface area (Å²) < 4.78 is 12.3. The summed E-state index contributed by atoms with van der Waals surface area (Å²) in [5.41, 5.74) is 7.40. The Morgan fingerprint density at radius 3 is 2.27 bits per heavy atom. The van der Waals surface area contributed by atoms with E-state index >= 15 is 0 Å². The van der Waals surface area contributed by atoms with Crippen molar-refractivity contribution >= 4 is 38.8 Å². The number of furan rings is 2. The number of para-hydroxylation sites is 1. The molecule has 1 radical (unpaired) electrons. The number of benzene rings is 3. The molecule has 0 saturated heterocycles. The number of carbonyl (C=O) groups excluding carboxylic acids is 1. The van der Waals surface area contributed by atoms with Crippen LogP contribution in [-0.2, 0) is 30.3 Å². The molecular formula is C34H30IrNO4-. The fourth-order valence-corrected chi connectivity index (χ4v) is 4.51. The number of fused-ring (bicyclic) bond motifs is 4. The van der Waals surface area contributed by atoms with E-state index in [-0.39, 0.29) is 37.1 Å². The number of allylic oxidation sites excluding steroid dienone is 2. The number of aromatic nitrogens is 1. The molecule has 0 aliphatic heterocycles. The van der Waals surface area contributed by atoms with E-state index in [0.717, 1.165) is 55.6 Å². The van der Waals surface area contributed by atoms with Crippen molar-refractivity contribution < 1.29 is 38.8 Å². The van der Waals surface area contributed by atoms with E-state index < -0.39 is 0 Å². The first-order valence-electron chi connectivity index (χ1n) is 12.8. The zero-order valence-electron chi connectivity index (χ0n) is 23.0. The molecule has 6 rings (SSSR count). The predicted octanol–water partition coefficient (Wildman–Crippen LogP) is 9.19. The fraction of sp³-hybridized carbons (Fsp3) is 0.176. The van der Waals surface area contributed by atoms with Crippen molar-refractivity contribution in [2.75, 3.05) is 0 Å². The summed E-state index contributed by atoms with van der Waals surface area (Å²) in [6.07, 6.45) is 1.17. The van der Waals surface area contributed by atoms with Crippen molar-refractivity contribution in [3.63, 3.8) is 0 Å². The third kappa shape index (κ3) is 6.09. The van der Waals surface area contributed by atoms with Crippen LogP contribution in [-0.4, -0.2) is 15.9 Å². The van der Waals surface area contributed by atoms with E-state index in [1.54, 1.807) is 0 Å². The molecule has 0 aliphatic rings. The van der Waals surface area contributed by atoms with E-state index in [9.17, 15) is 4.79 Å². The van der Waals surface area contributed by atoms with Gasteiger partial charge in [0, 0.05) is 43.2 Å². The van der Waals surface area contributed by atoms with Crippen LogP contribution in [0, 0.1) is 6.07 Å². The van der Waals surface area contributed by atoms with E-state index in [1.807, 2.05) is 48.5 Å². The largest absolute Gasteiger partial charge is 0.512 e. The minimum atomic E-state index is -0.125. The maximum Gasteiger partial charge on any atom is 0.155 e. The van der Waals surface area contributed by atoms with Crippen LogP contribution >= 0.6 is 0 Å². The Kier molecular flexibility index (Phi) is 8.43. The molecule has 6 heteroatoms. The normalized spacial score (nSPS) is 11.8. The first-order valence-corrected chi connectivity index (χ1v) is 12.8. The third-order valence-electron chi connectivity index (χ3n) is 6.42. The van der Waals surface area contributed by atoms with E-state index in [0.29, 0.717) is 0 Å². The summed E-state index contributed by atoms with van der Waals surface area (Å²) in [5, 5.41) is 10.5. The zero-order chi connectivity index (χ0) is 27.7. The van der Waals surface area contributed by atoms with Gasteiger partial charge in [-0.2, -0.15) is 0 Å². The molecule has 0 atom stereocenters. The van der Waals surface area contributed by atoms with Gasteiger partial charge in [-0.25, -0.2) is 0 Å². The van der Waals surface area contributed by atoms with Gasteiger partial charge in [-0.3, -0.25) is 9.78 Å². The Morgan fingerprint density at radius 2 is 1.62 bits per heavy atom. The van der Waals surface area contributed by atoms with Crippen LogP contribution in [0.15, 0.2) is 99.5 Å². The van der Waals surface area contributed by atoms with Gasteiger partial charge in [-0.05, 0) is 42.7 Å². The van der Waals surface area contributed by atoms with Crippen LogP contribution in [0.1, 0.15) is 40.2 Å². The Balaban J connectivity index is 0.000000413. The zero-order valence-corrected chi connectivity index (χ0v) is 25.4. The Morgan fingerprint density at radius 1 is 0.900 bits per heavy atom. The SMILES string of the molecule is CC(=O)/C=C(/C)O.CC(C)(C)c1ccc(-c2cc3nc(-c4[c-]ccc5c4oc4ccccc45)ccc3o2)cc1.[Ir]. The summed E-state index contributed by atoms with van der Waals surface area (Å²) in [4.78, 5) is 14.9. The van der Waals surface area contributed by atoms with Crippen molar-refractivity contribution in [2.45, 2.75) is 40.0 Å². The number of hydrogen-bond donors (Lipinski definition) is 1. The molecule has 0 bridgehead atoms. The molecule has 0 fully saturated rings. The molecule has 3 aromatic heterocycles. The average Bonchev–Trinajstić information content (AvgIpc) is 3.49. The van der Waals surface area contributed by atoms with Gasteiger partial charge in [0.15, 0.2) is 11.4 Å². The summed E-state index contributed by atoms with van der Waals surface area (Å²) in [5.74, 6) is 0.753. The minimum Gasteiger partial charge on any atom is -0.512 e. The molecule has 0 saturated carbocycles. The number of aliphatic hydroxyl groups excluding tert-OH is 1. The van der Waals surface area contributed by atoms with Crippen LogP contribution in [0.4, 0.5) is 0 Å². The van der Waals surface area contributed by atoms with E-state index in [1.165, 1.54) is 25.5 Å². The fourth-order valence-electron chi connectivity index (χ4n) is 4.51. The number of nitrogens with zero attached hydrogens (tertiary/aromatic N) is 1. The summed E-state index contributed by atoms with van der Waals surface area (Å²) >= 11 is 0. The van der Waals surface area contributed by atoms with Gasteiger partial charge < -0.3 is 13.9 Å². The number of pyridine rings is 1. The van der Waals surface area contributed by atoms with Crippen molar-refractivity contribution in [3.8, 4) is 22.6 Å². The van der Waals surface area contributed by atoms with Gasteiger partial charge in [0.25, 0.3) is 0 Å². The quantitative estimate of drug-likeness (QED) is 0.113. The van der Waals surface area contributed by atoms with Crippen molar-refractivity contribution in [2.24, 2.45) is 0 Å². The number of aliphatic hydroxyl groups is 1. The van der Waals surface area contributed by atoms with Gasteiger partial charge in [0.1, 0.15) is 11.3 Å². The van der Waals surface area contributed by atoms with Crippen LogP contribution in [0.3, 0.4) is 0 Å². The van der Waals surface area contributed by atoms with Gasteiger partial charge >= 0.3 is 0 Å². The number of carbonyl (C=O) groups is 1. The average molecular weight is 709 g/mol. The van der Waals surface area contributed by atoms with Crippen molar-refractivity contribution in [1.82, 2.24) is 4.98 Å². The smallest absolute Gasteiger partial charge is 0.155 e. The molecule has 0 amide bonds. The van der Waals surface area contributed by atoms with Crippen molar-refractivity contribution in [1.29, 1.82) is 0 Å². The Labute approximate surface area is 246 Å². The molecule has 5 nitrogen and oxygen atoms in total. The molecule has 0 aliphatic carbocycles. The summed E-state index contributed by atoms with van der Waals surface area (Å²) in [7, 11) is 0. The summed E-state index contributed by atoms with van der Waals surface area (Å²) in [6.45, 7) is 9.50. The van der Waals surface area contributed by atoms with Gasteiger partial charge in [-0.15, -0.1) is 18.2 Å². The topological polar surface area (TPSA) is 76.5 Å². The molecule has 3 heterocycles. The molecule has 0 spiro atoms. The molecule has 3 aromatic carbocycles. The van der Waals surface area contributed by atoms with Gasteiger partial charge in [0.2, 0.25) is 0 Å². The number of rotatable bonds is 3. The molecule has 6 aromatic rings. The minimum absolute atomic E-state index is 0. The van der Waals surface area contributed by atoms with E-state index in [4.69, 9.17) is 18.9 Å². The Bertz CT molecular complexity index is 1830. The van der Waals surface area contributed by atoms with Crippen LogP contribution < -0.4 is 0 Å². The first-order chi connectivity index (χ1) is 18.6. The standard InChI is InChI=1S/C29H22NO2.C5H8O2.Ir/c1-29(2,3)19-13-11-18(12-14-19)27-17-24-26(31-27)16-15-23(30-24)22-9-6-8-21-20-7-4-5-10-25(20)32-28(21)22;1-4(6)3-5(2)7;/h4-8,10-17H,1-3H3;3,6H,1-2H3;/q-1;;/b;4-3-;. The van der Waals surface area contributed by atoms with Gasteiger partial charge in [0.05, 0.1) is 16.9 Å². The predicted molar refractivity (Wildman–Crippen MR) is 157 cm³/mol. The van der Waals surface area contributed by atoms with E-state index in [2.05, 4.69) is 57.2 Å². The first kappa shape index (κ1) is 29.0. The molecular weight excluding hydrogens is 679 g/mol.